The predicted molar refractivity (Wildman–Crippen MR) is 95.9 cm³/mol. The van der Waals surface area contributed by atoms with Crippen molar-refractivity contribution in [3.05, 3.63) is 33.8 Å². The number of amides is 2. The van der Waals surface area contributed by atoms with E-state index in [1.165, 1.54) is 0 Å². The second-order valence-corrected chi connectivity index (χ2v) is 7.09. The van der Waals surface area contributed by atoms with Crippen LogP contribution in [0, 0.1) is 6.92 Å². The molecule has 1 aromatic rings. The van der Waals surface area contributed by atoms with Gasteiger partial charge in [0.05, 0.1) is 6.54 Å². The van der Waals surface area contributed by atoms with Gasteiger partial charge >= 0.3 is 12.0 Å². The average Bonchev–Trinajstić information content (AvgIpc) is 2.49. The molecule has 0 atom stereocenters. The van der Waals surface area contributed by atoms with E-state index in [2.05, 4.69) is 26.6 Å². The summed E-state index contributed by atoms with van der Waals surface area (Å²) >= 11 is 3.43. The molecule has 0 radical (unpaired) electrons. The first-order valence-corrected chi connectivity index (χ1v) is 8.93. The van der Waals surface area contributed by atoms with E-state index in [4.69, 9.17) is 5.11 Å². The maximum Gasteiger partial charge on any atom is 0.317 e. The van der Waals surface area contributed by atoms with Crippen LogP contribution in [0.4, 0.5) is 4.79 Å². The molecule has 1 aromatic carbocycles. The van der Waals surface area contributed by atoms with Crippen LogP contribution in [0.5, 0.6) is 0 Å². The molecular weight excluding hydrogens is 374 g/mol. The number of hydrogen-bond acceptors (Lipinski definition) is 3. The zero-order chi connectivity index (χ0) is 17.7. The Hall–Kier alpha value is -1.60. The minimum atomic E-state index is -0.810. The van der Waals surface area contributed by atoms with E-state index >= 15 is 0 Å². The van der Waals surface area contributed by atoms with Crippen molar-refractivity contribution in [1.82, 2.24) is 15.5 Å². The summed E-state index contributed by atoms with van der Waals surface area (Å²) in [6.45, 7) is 5.21. The minimum Gasteiger partial charge on any atom is -0.480 e. The molecule has 0 aromatic heterocycles. The number of carbonyl (C=O) groups is 2. The third kappa shape index (κ3) is 5.21. The molecule has 0 heterocycles. The quantitative estimate of drug-likeness (QED) is 0.659. The lowest BCUT2D eigenvalue weighted by atomic mass is 9.85. The maximum absolute atomic E-state index is 12.0. The second kappa shape index (κ2) is 8.48. The molecule has 0 spiro atoms. The Kier molecular flexibility index (Phi) is 6.62. The fourth-order valence-corrected chi connectivity index (χ4v) is 3.33. The summed E-state index contributed by atoms with van der Waals surface area (Å²) in [4.78, 5) is 24.8. The Morgan fingerprint density at radius 2 is 2.08 bits per heavy atom. The van der Waals surface area contributed by atoms with Gasteiger partial charge in [-0.2, -0.15) is 0 Å². The summed E-state index contributed by atoms with van der Waals surface area (Å²) < 4.78 is 0.991. The molecule has 1 saturated carbocycles. The maximum atomic E-state index is 12.0. The lowest BCUT2D eigenvalue weighted by Gasteiger charge is -2.42. The largest absolute Gasteiger partial charge is 0.480 e. The number of urea groups is 1. The number of nitrogens with zero attached hydrogens (tertiary/aromatic N) is 1. The highest BCUT2D eigenvalue weighted by Crippen LogP contribution is 2.25. The van der Waals surface area contributed by atoms with Crippen LogP contribution in [0.25, 0.3) is 0 Å². The van der Waals surface area contributed by atoms with Crippen LogP contribution in [0.15, 0.2) is 22.7 Å². The second-order valence-electron chi connectivity index (χ2n) is 6.18. The molecule has 7 heteroatoms. The highest BCUT2D eigenvalue weighted by molar-refractivity contribution is 9.10. The molecule has 0 aliphatic heterocycles. The summed E-state index contributed by atoms with van der Waals surface area (Å²) in [6.07, 6.45) is 1.59. The number of benzene rings is 1. The average molecular weight is 398 g/mol. The monoisotopic (exact) mass is 397 g/mol. The molecule has 1 aliphatic rings. The fourth-order valence-electron chi connectivity index (χ4n) is 2.92. The highest BCUT2D eigenvalue weighted by atomic mass is 79.9. The zero-order valence-electron chi connectivity index (χ0n) is 14.0. The number of carboxylic acid groups (broad SMARTS) is 1. The number of nitrogens with one attached hydrogen (secondary N) is 2. The molecule has 0 bridgehead atoms. The van der Waals surface area contributed by atoms with Crippen LogP contribution in [-0.4, -0.2) is 47.2 Å². The molecule has 6 nitrogen and oxygen atoms in total. The van der Waals surface area contributed by atoms with E-state index in [9.17, 15) is 9.59 Å². The van der Waals surface area contributed by atoms with Crippen molar-refractivity contribution in [2.24, 2.45) is 0 Å². The third-order valence-corrected chi connectivity index (χ3v) is 4.95. The Bertz CT molecular complexity index is 603. The molecular formula is C17H24BrN3O3. The number of aryl methyl sites for hydroxylation is 1. The van der Waals surface area contributed by atoms with Crippen LogP contribution in [-0.2, 0) is 11.3 Å². The number of rotatable bonds is 7. The van der Waals surface area contributed by atoms with Gasteiger partial charge in [-0.3, -0.25) is 9.69 Å². The van der Waals surface area contributed by atoms with Crippen molar-refractivity contribution in [2.45, 2.75) is 45.3 Å². The van der Waals surface area contributed by atoms with Crippen molar-refractivity contribution < 1.29 is 14.7 Å². The summed E-state index contributed by atoms with van der Waals surface area (Å²) in [7, 11) is 0. The first kappa shape index (κ1) is 18.7. The molecule has 2 rings (SSSR count). The van der Waals surface area contributed by atoms with Crippen molar-refractivity contribution >= 4 is 27.9 Å². The Labute approximate surface area is 150 Å². The normalized spacial score (nSPS) is 19.7. The topological polar surface area (TPSA) is 81.7 Å². The number of halogens is 1. The molecule has 1 fully saturated rings. The number of hydrogen-bond donors (Lipinski definition) is 3. The first-order chi connectivity index (χ1) is 11.4. The number of carbonyl (C=O) groups excluding carboxylic acids is 1. The number of carboxylic acids is 1. The first-order valence-electron chi connectivity index (χ1n) is 8.14. The molecule has 0 saturated heterocycles. The number of likely N-dealkylation sites (N-methyl/N-ethyl adjacent to an activating group) is 1. The Morgan fingerprint density at radius 1 is 1.38 bits per heavy atom. The van der Waals surface area contributed by atoms with E-state index in [1.807, 2.05) is 36.9 Å². The number of aliphatic carboxylic acids is 1. The molecule has 1 aliphatic carbocycles. The molecule has 132 valence electrons. The molecule has 3 N–H and O–H groups in total. The van der Waals surface area contributed by atoms with Gasteiger partial charge in [0.2, 0.25) is 0 Å². The van der Waals surface area contributed by atoms with Gasteiger partial charge in [0.15, 0.2) is 0 Å². The van der Waals surface area contributed by atoms with Gasteiger partial charge in [0.25, 0.3) is 0 Å². The fraction of sp³-hybridized carbons (Fsp3) is 0.529. The van der Waals surface area contributed by atoms with E-state index in [1.54, 1.807) is 0 Å². The van der Waals surface area contributed by atoms with Gasteiger partial charge in [-0.1, -0.05) is 28.9 Å². The summed E-state index contributed by atoms with van der Waals surface area (Å²) in [5.41, 5.74) is 2.21. The Morgan fingerprint density at radius 3 is 2.71 bits per heavy atom. The van der Waals surface area contributed by atoms with Crippen molar-refractivity contribution in [3.8, 4) is 0 Å². The van der Waals surface area contributed by atoms with E-state index in [0.717, 1.165) is 28.4 Å². The van der Waals surface area contributed by atoms with Gasteiger partial charge < -0.3 is 15.7 Å². The van der Waals surface area contributed by atoms with E-state index in [-0.39, 0.29) is 24.7 Å². The van der Waals surface area contributed by atoms with Crippen molar-refractivity contribution in [2.75, 3.05) is 13.1 Å². The lowest BCUT2D eigenvalue weighted by Crippen LogP contribution is -2.56. The lowest BCUT2D eigenvalue weighted by molar-refractivity contribution is -0.139. The summed E-state index contributed by atoms with van der Waals surface area (Å²) in [6, 6.07) is 6.16. The Balaban J connectivity index is 1.73. The molecule has 0 unspecified atom stereocenters. The van der Waals surface area contributed by atoms with Crippen LogP contribution < -0.4 is 10.6 Å². The van der Waals surface area contributed by atoms with Crippen LogP contribution >= 0.6 is 15.9 Å². The van der Waals surface area contributed by atoms with Gasteiger partial charge in [-0.25, -0.2) is 4.79 Å². The van der Waals surface area contributed by atoms with Crippen LogP contribution in [0.3, 0.4) is 0 Å². The van der Waals surface area contributed by atoms with E-state index < -0.39 is 5.97 Å². The van der Waals surface area contributed by atoms with Gasteiger partial charge in [0, 0.05) is 23.1 Å². The SMILES string of the molecule is CCN(CC(=O)O)C1CC(NC(=O)NCc2cc(Br)ccc2C)C1. The predicted octanol–water partition coefficient (Wildman–Crippen LogP) is 2.49. The third-order valence-electron chi connectivity index (χ3n) is 4.46. The highest BCUT2D eigenvalue weighted by Gasteiger charge is 2.34. The summed E-state index contributed by atoms with van der Waals surface area (Å²) in [5.74, 6) is -0.810. The minimum absolute atomic E-state index is 0.0578. The zero-order valence-corrected chi connectivity index (χ0v) is 15.6. The van der Waals surface area contributed by atoms with Crippen molar-refractivity contribution in [3.63, 3.8) is 0 Å². The molecule has 2 amide bonds. The van der Waals surface area contributed by atoms with Gasteiger partial charge in [0.1, 0.15) is 0 Å². The van der Waals surface area contributed by atoms with Crippen LogP contribution in [0.1, 0.15) is 30.9 Å². The van der Waals surface area contributed by atoms with Crippen molar-refractivity contribution in [1.29, 1.82) is 0 Å². The summed E-state index contributed by atoms with van der Waals surface area (Å²) in [5, 5.41) is 14.7. The van der Waals surface area contributed by atoms with E-state index in [0.29, 0.717) is 13.1 Å². The standard InChI is InChI=1S/C17H24BrN3O3/c1-3-21(10-16(22)23)15-7-14(8-15)20-17(24)19-9-12-6-13(18)5-4-11(12)2/h4-6,14-15H,3,7-10H2,1-2H3,(H,22,23)(H2,19,20,24). The van der Waals surface area contributed by atoms with Gasteiger partial charge in [-0.15, -0.1) is 0 Å². The smallest absolute Gasteiger partial charge is 0.317 e. The molecule has 24 heavy (non-hydrogen) atoms. The van der Waals surface area contributed by atoms with Gasteiger partial charge in [-0.05, 0) is 49.6 Å². The van der Waals surface area contributed by atoms with Crippen LogP contribution in [0.2, 0.25) is 0 Å².